The quantitative estimate of drug-likeness (QED) is 0.836. The van der Waals surface area contributed by atoms with Crippen LogP contribution in [0, 0.1) is 0 Å². The Bertz CT molecular complexity index is 542. The summed E-state index contributed by atoms with van der Waals surface area (Å²) in [6.45, 7) is 6.08. The van der Waals surface area contributed by atoms with Crippen molar-refractivity contribution in [3.05, 3.63) is 17.7 Å². The van der Waals surface area contributed by atoms with Crippen molar-refractivity contribution in [3.8, 4) is 0 Å². The van der Waals surface area contributed by atoms with E-state index in [2.05, 4.69) is 16.4 Å². The SMILES string of the molecule is C[C@@H]1c2nc(C(=O)N3CCCC3)cn2CCN1C1CCC1. The Labute approximate surface area is 125 Å². The average molecular weight is 288 g/mol. The molecule has 4 rings (SSSR count). The predicted octanol–water partition coefficient (Wildman–Crippen LogP) is 2.05. The molecule has 0 aromatic carbocycles. The van der Waals surface area contributed by atoms with Crippen LogP contribution in [0.25, 0.3) is 0 Å². The predicted molar refractivity (Wildman–Crippen MR) is 80.1 cm³/mol. The van der Waals surface area contributed by atoms with Crippen LogP contribution < -0.4 is 0 Å². The van der Waals surface area contributed by atoms with Gasteiger partial charge in [0, 0.05) is 38.4 Å². The molecule has 1 aromatic rings. The van der Waals surface area contributed by atoms with Gasteiger partial charge < -0.3 is 9.47 Å². The van der Waals surface area contributed by atoms with Gasteiger partial charge in [0.1, 0.15) is 11.5 Å². The van der Waals surface area contributed by atoms with Crippen LogP contribution in [0.2, 0.25) is 0 Å². The Morgan fingerprint density at radius 2 is 1.90 bits per heavy atom. The van der Waals surface area contributed by atoms with Crippen molar-refractivity contribution in [2.45, 2.75) is 57.7 Å². The van der Waals surface area contributed by atoms with Crippen molar-refractivity contribution < 1.29 is 4.79 Å². The molecule has 0 spiro atoms. The summed E-state index contributed by atoms with van der Waals surface area (Å²) >= 11 is 0. The van der Waals surface area contributed by atoms with E-state index in [-0.39, 0.29) is 5.91 Å². The molecule has 1 saturated heterocycles. The maximum atomic E-state index is 12.5. The number of imidazole rings is 1. The maximum absolute atomic E-state index is 12.5. The molecule has 2 aliphatic heterocycles. The minimum absolute atomic E-state index is 0.122. The number of carbonyl (C=O) groups is 1. The Hall–Kier alpha value is -1.36. The number of rotatable bonds is 2. The lowest BCUT2D eigenvalue weighted by Crippen LogP contribution is -2.46. The van der Waals surface area contributed by atoms with Gasteiger partial charge in [0.2, 0.25) is 0 Å². The van der Waals surface area contributed by atoms with Gasteiger partial charge in [-0.05, 0) is 32.6 Å². The molecule has 3 heterocycles. The third kappa shape index (κ3) is 2.18. The first-order valence-electron chi connectivity index (χ1n) is 8.36. The molecule has 114 valence electrons. The number of carbonyl (C=O) groups excluding carboxylic acids is 1. The number of aromatic nitrogens is 2. The van der Waals surface area contributed by atoms with Gasteiger partial charge in [-0.1, -0.05) is 6.42 Å². The first-order chi connectivity index (χ1) is 10.2. The molecule has 1 atom stereocenters. The van der Waals surface area contributed by atoms with Gasteiger partial charge in [-0.25, -0.2) is 4.98 Å². The molecule has 1 saturated carbocycles. The number of hydrogen-bond acceptors (Lipinski definition) is 3. The summed E-state index contributed by atoms with van der Waals surface area (Å²) in [6.07, 6.45) is 8.25. The monoisotopic (exact) mass is 288 g/mol. The molecule has 0 unspecified atom stereocenters. The Kier molecular flexibility index (Phi) is 3.25. The molecule has 2 fully saturated rings. The van der Waals surface area contributed by atoms with Gasteiger partial charge in [-0.2, -0.15) is 0 Å². The van der Waals surface area contributed by atoms with Crippen LogP contribution in [0.15, 0.2) is 6.20 Å². The van der Waals surface area contributed by atoms with Crippen LogP contribution in [0.5, 0.6) is 0 Å². The van der Waals surface area contributed by atoms with E-state index in [0.717, 1.165) is 50.9 Å². The molecule has 1 aromatic heterocycles. The van der Waals surface area contributed by atoms with Crippen LogP contribution in [0.3, 0.4) is 0 Å². The topological polar surface area (TPSA) is 41.4 Å². The van der Waals surface area contributed by atoms with Crippen molar-refractivity contribution in [2.75, 3.05) is 19.6 Å². The van der Waals surface area contributed by atoms with E-state index in [1.807, 2.05) is 11.1 Å². The fourth-order valence-electron chi connectivity index (χ4n) is 3.91. The largest absolute Gasteiger partial charge is 0.337 e. The molecule has 1 aliphatic carbocycles. The van der Waals surface area contributed by atoms with Crippen LogP contribution in [-0.2, 0) is 6.54 Å². The van der Waals surface area contributed by atoms with E-state index in [1.165, 1.54) is 19.3 Å². The Morgan fingerprint density at radius 3 is 2.57 bits per heavy atom. The first kappa shape index (κ1) is 13.3. The molecule has 0 N–H and O–H groups in total. The van der Waals surface area contributed by atoms with Crippen LogP contribution in [-0.4, -0.2) is 50.9 Å². The van der Waals surface area contributed by atoms with Gasteiger partial charge in [0.25, 0.3) is 5.91 Å². The lowest BCUT2D eigenvalue weighted by atomic mass is 9.90. The standard InChI is InChI=1S/C16H24N4O/c1-12-15-17-14(16(21)18-7-2-3-8-18)11-19(15)9-10-20(12)13-5-4-6-13/h11-13H,2-10H2,1H3/t12-/m1/s1. The minimum atomic E-state index is 0.122. The number of fused-ring (bicyclic) bond motifs is 1. The highest BCUT2D eigenvalue weighted by molar-refractivity contribution is 5.92. The summed E-state index contributed by atoms with van der Waals surface area (Å²) in [5.74, 6) is 1.20. The van der Waals surface area contributed by atoms with Gasteiger partial charge >= 0.3 is 0 Å². The van der Waals surface area contributed by atoms with E-state index in [0.29, 0.717) is 11.7 Å². The van der Waals surface area contributed by atoms with Crippen molar-refractivity contribution >= 4 is 5.91 Å². The molecule has 5 heteroatoms. The zero-order chi connectivity index (χ0) is 14.4. The van der Waals surface area contributed by atoms with Crippen molar-refractivity contribution in [1.82, 2.24) is 19.4 Å². The molecular weight excluding hydrogens is 264 g/mol. The molecular formula is C16H24N4O. The Balaban J connectivity index is 1.56. The number of hydrogen-bond donors (Lipinski definition) is 0. The highest BCUT2D eigenvalue weighted by Crippen LogP contribution is 2.34. The molecule has 21 heavy (non-hydrogen) atoms. The van der Waals surface area contributed by atoms with E-state index in [1.54, 1.807) is 0 Å². The molecule has 0 bridgehead atoms. The maximum Gasteiger partial charge on any atom is 0.274 e. The van der Waals surface area contributed by atoms with Crippen LogP contribution in [0.1, 0.15) is 61.4 Å². The second kappa shape index (κ2) is 5.13. The second-order valence-electron chi connectivity index (χ2n) is 6.68. The molecule has 0 radical (unpaired) electrons. The third-order valence-electron chi connectivity index (χ3n) is 5.43. The van der Waals surface area contributed by atoms with E-state index < -0.39 is 0 Å². The molecule has 3 aliphatic rings. The zero-order valence-electron chi connectivity index (χ0n) is 12.8. The summed E-state index contributed by atoms with van der Waals surface area (Å²) in [5, 5.41) is 0. The number of amides is 1. The van der Waals surface area contributed by atoms with Crippen molar-refractivity contribution in [3.63, 3.8) is 0 Å². The van der Waals surface area contributed by atoms with Gasteiger partial charge in [-0.15, -0.1) is 0 Å². The summed E-state index contributed by atoms with van der Waals surface area (Å²) in [7, 11) is 0. The number of nitrogens with zero attached hydrogens (tertiary/aromatic N) is 4. The second-order valence-corrected chi connectivity index (χ2v) is 6.68. The summed E-state index contributed by atoms with van der Waals surface area (Å²) < 4.78 is 2.20. The van der Waals surface area contributed by atoms with Gasteiger partial charge in [-0.3, -0.25) is 9.69 Å². The highest BCUT2D eigenvalue weighted by atomic mass is 16.2. The fourth-order valence-corrected chi connectivity index (χ4v) is 3.91. The summed E-state index contributed by atoms with van der Waals surface area (Å²) in [5.41, 5.74) is 0.647. The zero-order valence-corrected chi connectivity index (χ0v) is 12.8. The number of likely N-dealkylation sites (tertiary alicyclic amines) is 1. The van der Waals surface area contributed by atoms with Crippen LogP contribution in [0.4, 0.5) is 0 Å². The lowest BCUT2D eigenvalue weighted by Gasteiger charge is -2.43. The average Bonchev–Trinajstić information content (AvgIpc) is 3.07. The normalized spacial score (nSPS) is 26.7. The first-order valence-corrected chi connectivity index (χ1v) is 8.36. The Morgan fingerprint density at radius 1 is 1.14 bits per heavy atom. The lowest BCUT2D eigenvalue weighted by molar-refractivity contribution is 0.0614. The van der Waals surface area contributed by atoms with Crippen LogP contribution >= 0.6 is 0 Å². The summed E-state index contributed by atoms with van der Waals surface area (Å²) in [4.78, 5) is 21.7. The molecule has 1 amide bonds. The van der Waals surface area contributed by atoms with E-state index in [9.17, 15) is 4.79 Å². The van der Waals surface area contributed by atoms with E-state index >= 15 is 0 Å². The fraction of sp³-hybridized carbons (Fsp3) is 0.750. The smallest absolute Gasteiger partial charge is 0.274 e. The van der Waals surface area contributed by atoms with E-state index in [4.69, 9.17) is 4.98 Å². The van der Waals surface area contributed by atoms with Crippen molar-refractivity contribution in [1.29, 1.82) is 0 Å². The van der Waals surface area contributed by atoms with Gasteiger partial charge in [0.15, 0.2) is 0 Å². The highest BCUT2D eigenvalue weighted by Gasteiger charge is 2.35. The van der Waals surface area contributed by atoms with Gasteiger partial charge in [0.05, 0.1) is 6.04 Å². The summed E-state index contributed by atoms with van der Waals surface area (Å²) in [6, 6.07) is 1.08. The third-order valence-corrected chi connectivity index (χ3v) is 5.43. The minimum Gasteiger partial charge on any atom is -0.337 e. The molecule has 5 nitrogen and oxygen atoms in total. The van der Waals surface area contributed by atoms with Crippen molar-refractivity contribution in [2.24, 2.45) is 0 Å².